The highest BCUT2D eigenvalue weighted by atomic mass is 19.2. The van der Waals surface area contributed by atoms with Crippen LogP contribution in [0.1, 0.15) is 12.5 Å². The quantitative estimate of drug-likeness (QED) is 0.850. The molecule has 1 aromatic carbocycles. The van der Waals surface area contributed by atoms with E-state index in [2.05, 4.69) is 5.32 Å². The van der Waals surface area contributed by atoms with Gasteiger partial charge in [-0.2, -0.15) is 5.26 Å². The summed E-state index contributed by atoms with van der Waals surface area (Å²) >= 11 is 0. The van der Waals surface area contributed by atoms with Gasteiger partial charge in [0.15, 0.2) is 11.6 Å². The Balaban J connectivity index is 2.59. The minimum Gasteiger partial charge on any atom is -0.351 e. The Labute approximate surface area is 91.7 Å². The molecule has 84 valence electrons. The van der Waals surface area contributed by atoms with E-state index in [1.165, 1.54) is 13.0 Å². The summed E-state index contributed by atoms with van der Waals surface area (Å²) in [4.78, 5) is 11.2. The number of nitrogens with one attached hydrogen (secondary N) is 1. The van der Waals surface area contributed by atoms with E-state index in [0.29, 0.717) is 5.56 Å². The second-order valence-corrected chi connectivity index (χ2v) is 3.32. The fraction of sp³-hybridized carbons (Fsp3) is 0.273. The number of nitriles is 1. The van der Waals surface area contributed by atoms with Crippen LogP contribution in [0.15, 0.2) is 18.2 Å². The largest absolute Gasteiger partial charge is 0.351 e. The van der Waals surface area contributed by atoms with Gasteiger partial charge in [-0.15, -0.1) is 0 Å². The number of nitrogens with zero attached hydrogens (tertiary/aromatic N) is 1. The summed E-state index contributed by atoms with van der Waals surface area (Å²) in [6.45, 7) is 1.53. The van der Waals surface area contributed by atoms with Gasteiger partial charge < -0.3 is 5.32 Å². The van der Waals surface area contributed by atoms with Crippen molar-refractivity contribution in [3.63, 3.8) is 0 Å². The fourth-order valence-electron chi connectivity index (χ4n) is 1.05. The molecule has 1 aromatic rings. The molecule has 0 saturated carbocycles. The predicted octanol–water partition coefficient (Wildman–Crippen LogP) is 1.74. The number of benzene rings is 1. The van der Waals surface area contributed by atoms with Crippen molar-refractivity contribution in [1.29, 1.82) is 5.26 Å². The number of hydrogen-bond acceptors (Lipinski definition) is 2. The van der Waals surface area contributed by atoms with Crippen molar-refractivity contribution in [1.82, 2.24) is 5.32 Å². The van der Waals surface area contributed by atoms with Gasteiger partial charge in [0.05, 0.1) is 6.07 Å². The van der Waals surface area contributed by atoms with Gasteiger partial charge in [0.2, 0.25) is 5.91 Å². The molecule has 0 spiro atoms. The average molecular weight is 224 g/mol. The standard InChI is InChI=1S/C11H10F2N2O/c1-7(5-14)11(16)15-6-8-2-3-9(12)10(13)4-8/h2-4,7H,6H2,1H3,(H,15,16). The molecule has 1 N–H and O–H groups in total. The van der Waals surface area contributed by atoms with Crippen molar-refractivity contribution in [2.45, 2.75) is 13.5 Å². The zero-order chi connectivity index (χ0) is 12.1. The van der Waals surface area contributed by atoms with Crippen LogP contribution < -0.4 is 5.32 Å². The Morgan fingerprint density at radius 1 is 1.50 bits per heavy atom. The number of carbonyl (C=O) groups is 1. The highest BCUT2D eigenvalue weighted by molar-refractivity contribution is 5.80. The van der Waals surface area contributed by atoms with Crippen LogP contribution in [0.3, 0.4) is 0 Å². The predicted molar refractivity (Wildman–Crippen MR) is 53.0 cm³/mol. The first-order valence-electron chi connectivity index (χ1n) is 4.66. The Morgan fingerprint density at radius 3 is 2.75 bits per heavy atom. The molecule has 1 unspecified atom stereocenters. The topological polar surface area (TPSA) is 52.9 Å². The van der Waals surface area contributed by atoms with Gasteiger partial charge in [-0.25, -0.2) is 8.78 Å². The van der Waals surface area contributed by atoms with Gasteiger partial charge in [0.1, 0.15) is 5.92 Å². The van der Waals surface area contributed by atoms with E-state index in [1.54, 1.807) is 6.07 Å². The summed E-state index contributed by atoms with van der Waals surface area (Å²) in [6.07, 6.45) is 0. The van der Waals surface area contributed by atoms with Crippen molar-refractivity contribution in [3.8, 4) is 6.07 Å². The number of hydrogen-bond donors (Lipinski definition) is 1. The van der Waals surface area contributed by atoms with E-state index in [1.807, 2.05) is 0 Å². The summed E-state index contributed by atoms with van der Waals surface area (Å²) in [6, 6.07) is 5.14. The number of carbonyl (C=O) groups excluding carboxylic acids is 1. The molecule has 0 aromatic heterocycles. The van der Waals surface area contributed by atoms with Crippen molar-refractivity contribution in [2.75, 3.05) is 0 Å². The van der Waals surface area contributed by atoms with E-state index in [0.717, 1.165) is 12.1 Å². The molecule has 0 heterocycles. The van der Waals surface area contributed by atoms with E-state index >= 15 is 0 Å². The average Bonchev–Trinajstić information content (AvgIpc) is 2.29. The van der Waals surface area contributed by atoms with Crippen LogP contribution in [0.4, 0.5) is 8.78 Å². The molecule has 1 amide bonds. The molecule has 0 aliphatic heterocycles. The summed E-state index contributed by atoms with van der Waals surface area (Å²) in [5.74, 6) is -3.09. The summed E-state index contributed by atoms with van der Waals surface area (Å²) < 4.78 is 25.4. The van der Waals surface area contributed by atoms with Crippen molar-refractivity contribution >= 4 is 5.91 Å². The van der Waals surface area contributed by atoms with Crippen LogP contribution >= 0.6 is 0 Å². The molecule has 0 aliphatic rings. The third kappa shape index (κ3) is 3.02. The van der Waals surface area contributed by atoms with E-state index < -0.39 is 23.5 Å². The Morgan fingerprint density at radius 2 is 2.19 bits per heavy atom. The summed E-state index contributed by atoms with van der Waals surface area (Å²) in [5, 5.41) is 10.9. The highest BCUT2D eigenvalue weighted by Crippen LogP contribution is 2.08. The second kappa shape index (κ2) is 5.21. The zero-order valence-corrected chi connectivity index (χ0v) is 8.63. The van der Waals surface area contributed by atoms with Crippen LogP contribution in [-0.2, 0) is 11.3 Å². The minimum absolute atomic E-state index is 0.0715. The van der Waals surface area contributed by atoms with Crippen LogP contribution in [0, 0.1) is 28.9 Å². The minimum atomic E-state index is -0.958. The lowest BCUT2D eigenvalue weighted by molar-refractivity contribution is -0.123. The molecule has 0 fully saturated rings. The summed E-state index contributed by atoms with van der Waals surface area (Å²) in [7, 11) is 0. The monoisotopic (exact) mass is 224 g/mol. The first-order chi connectivity index (χ1) is 7.54. The maximum absolute atomic E-state index is 12.8. The van der Waals surface area contributed by atoms with Gasteiger partial charge in [0.25, 0.3) is 0 Å². The van der Waals surface area contributed by atoms with Crippen LogP contribution in [0.5, 0.6) is 0 Å². The zero-order valence-electron chi connectivity index (χ0n) is 8.63. The highest BCUT2D eigenvalue weighted by Gasteiger charge is 2.11. The number of halogens is 2. The molecule has 16 heavy (non-hydrogen) atoms. The molecule has 0 aliphatic carbocycles. The number of amides is 1. The Hall–Kier alpha value is -1.96. The lowest BCUT2D eigenvalue weighted by Gasteiger charge is -2.06. The van der Waals surface area contributed by atoms with E-state index in [9.17, 15) is 13.6 Å². The second-order valence-electron chi connectivity index (χ2n) is 3.32. The molecule has 1 atom stereocenters. The lowest BCUT2D eigenvalue weighted by Crippen LogP contribution is -2.27. The van der Waals surface area contributed by atoms with Gasteiger partial charge in [-0.3, -0.25) is 4.79 Å². The molecule has 1 rings (SSSR count). The first-order valence-corrected chi connectivity index (χ1v) is 4.66. The molecule has 0 bridgehead atoms. The molecular weight excluding hydrogens is 214 g/mol. The normalized spacial score (nSPS) is 11.6. The maximum Gasteiger partial charge on any atom is 0.237 e. The molecule has 5 heteroatoms. The van der Waals surface area contributed by atoms with Crippen molar-refractivity contribution in [3.05, 3.63) is 35.4 Å². The molecule has 0 radical (unpaired) electrons. The van der Waals surface area contributed by atoms with Crippen molar-refractivity contribution < 1.29 is 13.6 Å². The van der Waals surface area contributed by atoms with Crippen molar-refractivity contribution in [2.24, 2.45) is 5.92 Å². The van der Waals surface area contributed by atoms with E-state index in [-0.39, 0.29) is 6.54 Å². The third-order valence-electron chi connectivity index (χ3n) is 2.04. The molecule has 0 saturated heterocycles. The van der Waals surface area contributed by atoms with Crippen LogP contribution in [-0.4, -0.2) is 5.91 Å². The van der Waals surface area contributed by atoms with Gasteiger partial charge in [-0.1, -0.05) is 6.07 Å². The SMILES string of the molecule is CC(C#N)C(=O)NCc1ccc(F)c(F)c1. The van der Waals surface area contributed by atoms with Gasteiger partial charge in [-0.05, 0) is 24.6 Å². The summed E-state index contributed by atoms with van der Waals surface area (Å²) in [5.41, 5.74) is 0.442. The first kappa shape index (κ1) is 12.1. The maximum atomic E-state index is 12.8. The number of rotatable bonds is 3. The van der Waals surface area contributed by atoms with Gasteiger partial charge >= 0.3 is 0 Å². The fourth-order valence-corrected chi connectivity index (χ4v) is 1.05. The lowest BCUT2D eigenvalue weighted by atomic mass is 10.1. The molecular formula is C11H10F2N2O. The smallest absolute Gasteiger partial charge is 0.237 e. The van der Waals surface area contributed by atoms with Gasteiger partial charge in [0, 0.05) is 6.54 Å². The third-order valence-corrected chi connectivity index (χ3v) is 2.04. The molecule has 3 nitrogen and oxygen atoms in total. The van der Waals surface area contributed by atoms with E-state index in [4.69, 9.17) is 5.26 Å². The Kier molecular flexibility index (Phi) is 3.95. The Bertz CT molecular complexity index is 440. The van der Waals surface area contributed by atoms with Crippen LogP contribution in [0.2, 0.25) is 0 Å². The van der Waals surface area contributed by atoms with Crippen LogP contribution in [0.25, 0.3) is 0 Å².